The third-order valence-electron chi connectivity index (χ3n) is 3.52. The van der Waals surface area contributed by atoms with Gasteiger partial charge in [-0.3, -0.25) is 5.10 Å². The smallest absolute Gasteiger partial charge is 0.299 e. The Morgan fingerprint density at radius 2 is 1.95 bits per heavy atom. The molecule has 0 aliphatic carbocycles. The normalized spacial score (nSPS) is 11.0. The molecule has 0 radical (unpaired) electrons. The van der Waals surface area contributed by atoms with E-state index in [9.17, 15) is 0 Å². The van der Waals surface area contributed by atoms with Crippen molar-refractivity contribution in [1.82, 2.24) is 15.2 Å². The molecule has 0 atom stereocenters. The van der Waals surface area contributed by atoms with Crippen molar-refractivity contribution in [1.29, 1.82) is 0 Å². The summed E-state index contributed by atoms with van der Waals surface area (Å²) in [6, 6.07) is 16.4. The Balaban J connectivity index is 1.66. The maximum atomic E-state index is 5.85. The maximum absolute atomic E-state index is 5.85. The Hall–Kier alpha value is -3.08. The number of aromatic amines is 1. The van der Waals surface area contributed by atoms with Gasteiger partial charge >= 0.3 is 0 Å². The van der Waals surface area contributed by atoms with Gasteiger partial charge in [-0.15, -0.1) is 0 Å². The van der Waals surface area contributed by atoms with Crippen LogP contribution in [0.4, 0.5) is 11.7 Å². The molecule has 0 aliphatic rings. The van der Waals surface area contributed by atoms with Crippen LogP contribution in [0.2, 0.25) is 0 Å². The molecule has 0 fully saturated rings. The lowest BCUT2D eigenvalue weighted by atomic mass is 10.1. The number of hydrogen-bond acceptors (Lipinski definition) is 4. The van der Waals surface area contributed by atoms with Crippen LogP contribution in [0.5, 0.6) is 0 Å². The lowest BCUT2D eigenvalue weighted by molar-refractivity contribution is 0.591. The van der Waals surface area contributed by atoms with Crippen molar-refractivity contribution >= 4 is 22.6 Å². The van der Waals surface area contributed by atoms with Crippen LogP contribution in [-0.2, 0) is 0 Å². The Kier molecular flexibility index (Phi) is 2.89. The summed E-state index contributed by atoms with van der Waals surface area (Å²) in [5.74, 6) is 0.785. The third kappa shape index (κ3) is 2.22. The molecule has 5 heteroatoms. The average molecular weight is 290 g/mol. The van der Waals surface area contributed by atoms with E-state index in [1.807, 2.05) is 55.5 Å². The number of aryl methyl sites for hydroxylation is 1. The van der Waals surface area contributed by atoms with E-state index >= 15 is 0 Å². The highest BCUT2D eigenvalue weighted by molar-refractivity contribution is 5.82. The molecule has 2 aromatic heterocycles. The molecule has 4 rings (SSSR count). The van der Waals surface area contributed by atoms with Crippen LogP contribution in [-0.4, -0.2) is 15.2 Å². The van der Waals surface area contributed by atoms with Crippen LogP contribution in [0.15, 0.2) is 59.1 Å². The van der Waals surface area contributed by atoms with E-state index in [4.69, 9.17) is 4.42 Å². The number of fused-ring (bicyclic) bond motifs is 1. The van der Waals surface area contributed by atoms with Gasteiger partial charge in [0.1, 0.15) is 0 Å². The van der Waals surface area contributed by atoms with Crippen molar-refractivity contribution in [3.63, 3.8) is 0 Å². The highest BCUT2D eigenvalue weighted by Crippen LogP contribution is 2.28. The Morgan fingerprint density at radius 1 is 1.09 bits per heavy atom. The number of nitrogens with zero attached hydrogens (tertiary/aromatic N) is 2. The number of oxazole rings is 1. The summed E-state index contributed by atoms with van der Waals surface area (Å²) < 4.78 is 5.85. The summed E-state index contributed by atoms with van der Waals surface area (Å²) in [6.07, 6.45) is 1.79. The second-order valence-electron chi connectivity index (χ2n) is 5.10. The van der Waals surface area contributed by atoms with Gasteiger partial charge in [0, 0.05) is 16.6 Å². The fourth-order valence-electron chi connectivity index (χ4n) is 2.45. The van der Waals surface area contributed by atoms with Crippen LogP contribution in [0.3, 0.4) is 0 Å². The van der Waals surface area contributed by atoms with Crippen LogP contribution in [0.1, 0.15) is 5.69 Å². The van der Waals surface area contributed by atoms with E-state index in [0.29, 0.717) is 6.01 Å². The Labute approximate surface area is 127 Å². The van der Waals surface area contributed by atoms with Gasteiger partial charge < -0.3 is 9.73 Å². The van der Waals surface area contributed by atoms with E-state index < -0.39 is 0 Å². The largest absolute Gasteiger partial charge is 0.423 e. The summed E-state index contributed by atoms with van der Waals surface area (Å²) in [4.78, 5) is 4.45. The molecular formula is C17H14N4O. The molecule has 0 amide bonds. The van der Waals surface area contributed by atoms with Gasteiger partial charge in [-0.05, 0) is 25.1 Å². The molecule has 2 heterocycles. The van der Waals surface area contributed by atoms with Crippen molar-refractivity contribution < 1.29 is 4.42 Å². The second-order valence-corrected chi connectivity index (χ2v) is 5.10. The summed E-state index contributed by atoms with van der Waals surface area (Å²) in [6.45, 7) is 1.94. The Bertz CT molecular complexity index is 924. The van der Waals surface area contributed by atoms with Crippen molar-refractivity contribution in [2.45, 2.75) is 6.92 Å². The number of H-pyrrole nitrogens is 1. The van der Waals surface area contributed by atoms with Crippen LogP contribution < -0.4 is 5.32 Å². The number of anilines is 2. The van der Waals surface area contributed by atoms with E-state index in [0.717, 1.165) is 33.6 Å². The molecule has 4 aromatic rings. The van der Waals surface area contributed by atoms with E-state index in [1.54, 1.807) is 6.20 Å². The van der Waals surface area contributed by atoms with Crippen molar-refractivity contribution in [2.75, 3.05) is 5.32 Å². The average Bonchev–Trinajstić information content (AvgIpc) is 3.14. The molecule has 2 N–H and O–H groups in total. The zero-order valence-electron chi connectivity index (χ0n) is 12.0. The molecule has 0 aliphatic heterocycles. The van der Waals surface area contributed by atoms with E-state index in [1.165, 1.54) is 0 Å². The third-order valence-corrected chi connectivity index (χ3v) is 3.52. The molecule has 22 heavy (non-hydrogen) atoms. The Morgan fingerprint density at radius 3 is 2.82 bits per heavy atom. The van der Waals surface area contributed by atoms with Gasteiger partial charge in [0.2, 0.25) is 0 Å². The number of benzene rings is 2. The van der Waals surface area contributed by atoms with Gasteiger partial charge in [0.25, 0.3) is 6.01 Å². The van der Waals surface area contributed by atoms with Gasteiger partial charge in [-0.1, -0.05) is 30.3 Å². The first-order valence-corrected chi connectivity index (χ1v) is 7.02. The minimum absolute atomic E-state index is 0.485. The van der Waals surface area contributed by atoms with Crippen molar-refractivity contribution in [3.8, 4) is 11.3 Å². The second kappa shape index (κ2) is 5.04. The van der Waals surface area contributed by atoms with Crippen LogP contribution in [0.25, 0.3) is 22.2 Å². The molecule has 0 saturated heterocycles. The number of rotatable bonds is 3. The van der Waals surface area contributed by atoms with E-state index in [2.05, 4.69) is 20.5 Å². The quantitative estimate of drug-likeness (QED) is 0.591. The first-order chi connectivity index (χ1) is 10.8. The summed E-state index contributed by atoms with van der Waals surface area (Å²) in [5, 5.41) is 11.2. The SMILES string of the molecule is Cc1nc(Nc2ccc3[nH]ncc3c2)oc1-c1ccccc1. The van der Waals surface area contributed by atoms with Gasteiger partial charge in [-0.2, -0.15) is 10.1 Å². The fraction of sp³-hybridized carbons (Fsp3) is 0.0588. The number of aromatic nitrogens is 3. The highest BCUT2D eigenvalue weighted by atomic mass is 16.4. The van der Waals surface area contributed by atoms with Crippen LogP contribution in [0, 0.1) is 6.92 Å². The molecule has 2 aromatic carbocycles. The summed E-state index contributed by atoms with van der Waals surface area (Å²) >= 11 is 0. The fourth-order valence-corrected chi connectivity index (χ4v) is 2.45. The molecule has 0 bridgehead atoms. The summed E-state index contributed by atoms with van der Waals surface area (Å²) in [5.41, 5.74) is 3.79. The van der Waals surface area contributed by atoms with Gasteiger partial charge in [-0.25, -0.2) is 0 Å². The van der Waals surface area contributed by atoms with E-state index in [-0.39, 0.29) is 0 Å². The van der Waals surface area contributed by atoms with Gasteiger partial charge in [0.05, 0.1) is 17.4 Å². The first-order valence-electron chi connectivity index (χ1n) is 7.02. The lowest BCUT2D eigenvalue weighted by Crippen LogP contribution is -1.89. The molecule has 0 unspecified atom stereocenters. The monoisotopic (exact) mass is 290 g/mol. The predicted octanol–water partition coefficient (Wildman–Crippen LogP) is 4.27. The number of nitrogens with one attached hydrogen (secondary N) is 2. The molecule has 5 nitrogen and oxygen atoms in total. The zero-order valence-corrected chi connectivity index (χ0v) is 12.0. The standard InChI is InChI=1S/C17H14N4O/c1-11-16(12-5-3-2-4-6-12)22-17(19-11)20-14-7-8-15-13(9-14)10-18-21-15/h2-10H,1H3,(H,18,21)(H,19,20). The minimum atomic E-state index is 0.485. The van der Waals surface area contributed by atoms with Gasteiger partial charge in [0.15, 0.2) is 5.76 Å². The van der Waals surface area contributed by atoms with Crippen molar-refractivity contribution in [2.24, 2.45) is 0 Å². The molecule has 108 valence electrons. The van der Waals surface area contributed by atoms with Crippen molar-refractivity contribution in [3.05, 3.63) is 60.4 Å². The minimum Gasteiger partial charge on any atom is -0.423 e. The molecule has 0 spiro atoms. The topological polar surface area (TPSA) is 66.7 Å². The first kappa shape index (κ1) is 12.6. The predicted molar refractivity (Wildman–Crippen MR) is 86.1 cm³/mol. The lowest BCUT2D eigenvalue weighted by Gasteiger charge is -2.01. The molecule has 0 saturated carbocycles. The van der Waals surface area contributed by atoms with Crippen LogP contribution >= 0.6 is 0 Å². The maximum Gasteiger partial charge on any atom is 0.299 e. The highest BCUT2D eigenvalue weighted by Gasteiger charge is 2.11. The zero-order chi connectivity index (χ0) is 14.9. The summed E-state index contributed by atoms with van der Waals surface area (Å²) in [7, 11) is 0. The molecular weight excluding hydrogens is 276 g/mol. The number of hydrogen-bond donors (Lipinski definition) is 2.